The Morgan fingerprint density at radius 3 is 0.810 bits per heavy atom. The quantitative estimate of drug-likeness (QED) is 0.130. The molecule has 0 N–H and O–H groups in total. The maximum absolute atomic E-state index is 5.87. The Morgan fingerprint density at radius 2 is 0.440 bits per heavy atom. The predicted octanol–water partition coefficient (Wildman–Crippen LogP) is 23.9. The van der Waals surface area contributed by atoms with Gasteiger partial charge in [-0.05, 0) is 176 Å². The summed E-state index contributed by atoms with van der Waals surface area (Å²) in [6.45, 7) is 0. The van der Waals surface area contributed by atoms with E-state index in [2.05, 4.69) is 376 Å². The zero-order chi connectivity index (χ0) is 65.8. The number of aromatic nitrogens is 7. The van der Waals surface area contributed by atoms with Gasteiger partial charge in [0.25, 0.3) is 0 Å². The number of hydrogen-bond donors (Lipinski definition) is 0. The van der Waals surface area contributed by atoms with Crippen LogP contribution in [0.5, 0.6) is 0 Å². The van der Waals surface area contributed by atoms with Gasteiger partial charge >= 0.3 is 0 Å². The molecule has 100 heavy (non-hydrogen) atoms. The Kier molecular flexibility index (Phi) is 13.1. The molecule has 20 rings (SSSR count). The number of benzene rings is 15. The normalized spacial score (nSPS) is 11.8. The lowest BCUT2D eigenvalue weighted by Crippen LogP contribution is -2.11. The number of hydrogen-bond acceptors (Lipinski definition) is 3. The molecule has 5 heterocycles. The van der Waals surface area contributed by atoms with Gasteiger partial charge in [-0.3, -0.25) is 9.13 Å². The van der Waals surface area contributed by atoms with Crippen LogP contribution in [0, 0.1) is 0 Å². The van der Waals surface area contributed by atoms with Gasteiger partial charge in [0.05, 0.1) is 44.1 Å². The van der Waals surface area contributed by atoms with Crippen LogP contribution in [0.1, 0.15) is 0 Å². The van der Waals surface area contributed by atoms with Crippen LogP contribution < -0.4 is 0 Å². The highest BCUT2D eigenvalue weighted by molar-refractivity contribution is 6.15. The first-order valence-electron chi connectivity index (χ1n) is 34.1. The minimum atomic E-state index is 0.497. The van der Waals surface area contributed by atoms with Crippen molar-refractivity contribution in [1.29, 1.82) is 0 Å². The van der Waals surface area contributed by atoms with Gasteiger partial charge in [-0.15, -0.1) is 0 Å². The Balaban J connectivity index is 0.824. The van der Waals surface area contributed by atoms with Crippen LogP contribution in [0.2, 0.25) is 0 Å². The lowest BCUT2D eigenvalue weighted by atomic mass is 9.89. The van der Waals surface area contributed by atoms with Gasteiger partial charge in [-0.2, -0.15) is 15.0 Å². The summed E-state index contributed by atoms with van der Waals surface area (Å²) in [6, 6.07) is 129. The van der Waals surface area contributed by atoms with E-state index in [1.54, 1.807) is 0 Å². The molecule has 20 aromatic rings. The van der Waals surface area contributed by atoms with Gasteiger partial charge in [0, 0.05) is 60.0 Å². The summed E-state index contributed by atoms with van der Waals surface area (Å²) in [5.41, 5.74) is 24.8. The lowest BCUT2D eigenvalue weighted by molar-refractivity contribution is 0.893. The van der Waals surface area contributed by atoms with E-state index in [9.17, 15) is 0 Å². The molecule has 0 amide bonds. The zero-order valence-electron chi connectivity index (χ0n) is 54.2. The molecule has 7 heteroatoms. The number of nitrogens with zero attached hydrogens (tertiary/aromatic N) is 7. The van der Waals surface area contributed by atoms with E-state index in [-0.39, 0.29) is 0 Å². The largest absolute Gasteiger partial charge is 0.309 e. The van der Waals surface area contributed by atoms with E-state index in [0.29, 0.717) is 17.7 Å². The molecule has 0 aliphatic rings. The lowest BCUT2D eigenvalue weighted by Gasteiger charge is -2.18. The topological polar surface area (TPSA) is 58.4 Å². The molecule has 0 radical (unpaired) electrons. The zero-order valence-corrected chi connectivity index (χ0v) is 54.2. The van der Waals surface area contributed by atoms with Crippen LogP contribution in [0.15, 0.2) is 358 Å². The molecule has 0 unspecified atom stereocenters. The fourth-order valence-electron chi connectivity index (χ4n) is 15.7. The van der Waals surface area contributed by atoms with Crippen LogP contribution in [0.3, 0.4) is 0 Å². The Labute approximate surface area is 576 Å². The molecule has 0 aliphatic heterocycles. The van der Waals surface area contributed by atoms with Gasteiger partial charge in [-0.25, -0.2) is 0 Å². The minimum absolute atomic E-state index is 0.497. The smallest absolute Gasteiger partial charge is 0.240 e. The molecular weight excluding hydrogens is 1220 g/mol. The van der Waals surface area contributed by atoms with Gasteiger partial charge < -0.3 is 9.13 Å². The first-order chi connectivity index (χ1) is 49.6. The van der Waals surface area contributed by atoms with Gasteiger partial charge in [0.1, 0.15) is 0 Å². The Bertz CT molecular complexity index is 6240. The second kappa shape index (κ2) is 23.1. The van der Waals surface area contributed by atoms with Crippen molar-refractivity contribution < 1.29 is 0 Å². The summed E-state index contributed by atoms with van der Waals surface area (Å²) in [5.74, 6) is 1.53. The number of rotatable bonds is 11. The molecule has 7 nitrogen and oxygen atoms in total. The first kappa shape index (κ1) is 56.8. The van der Waals surface area contributed by atoms with Crippen LogP contribution in [0.4, 0.5) is 0 Å². The van der Waals surface area contributed by atoms with E-state index in [1.807, 2.05) is 0 Å². The monoisotopic (exact) mass is 1270 g/mol. The molecular formula is C93H59N7. The van der Waals surface area contributed by atoms with Gasteiger partial charge in [-0.1, -0.05) is 249 Å². The highest BCUT2D eigenvalue weighted by Crippen LogP contribution is 2.45. The highest BCUT2D eigenvalue weighted by atomic mass is 15.3. The fourth-order valence-corrected chi connectivity index (χ4v) is 15.7. The van der Waals surface area contributed by atoms with Crippen LogP contribution in [-0.2, 0) is 0 Å². The van der Waals surface area contributed by atoms with Crippen molar-refractivity contribution >= 4 is 87.2 Å². The van der Waals surface area contributed by atoms with Crippen molar-refractivity contribution in [3.8, 4) is 101 Å². The van der Waals surface area contributed by atoms with Gasteiger partial charge in [0.15, 0.2) is 5.82 Å². The third-order valence-electron chi connectivity index (χ3n) is 20.2. The summed E-state index contributed by atoms with van der Waals surface area (Å²) in [4.78, 5) is 17.5. The number of fused-ring (bicyclic) bond motifs is 12. The summed E-state index contributed by atoms with van der Waals surface area (Å²) in [7, 11) is 0. The average molecular weight is 1270 g/mol. The van der Waals surface area contributed by atoms with Gasteiger partial charge in [0.2, 0.25) is 11.9 Å². The predicted molar refractivity (Wildman–Crippen MR) is 415 cm³/mol. The van der Waals surface area contributed by atoms with E-state index in [4.69, 9.17) is 15.0 Å². The maximum Gasteiger partial charge on any atom is 0.240 e. The van der Waals surface area contributed by atoms with E-state index in [1.165, 1.54) is 32.6 Å². The van der Waals surface area contributed by atoms with Crippen molar-refractivity contribution in [3.63, 3.8) is 0 Å². The first-order valence-corrected chi connectivity index (χ1v) is 34.1. The molecule has 0 aliphatic carbocycles. The molecule has 0 atom stereocenters. The second-order valence-corrected chi connectivity index (χ2v) is 25.9. The van der Waals surface area contributed by atoms with E-state index < -0.39 is 0 Å². The molecule has 0 saturated heterocycles. The van der Waals surface area contributed by atoms with Crippen molar-refractivity contribution in [2.75, 3.05) is 0 Å². The van der Waals surface area contributed by atoms with Crippen LogP contribution in [-0.4, -0.2) is 33.2 Å². The van der Waals surface area contributed by atoms with E-state index >= 15 is 0 Å². The summed E-state index contributed by atoms with van der Waals surface area (Å²) in [6.07, 6.45) is 0. The van der Waals surface area contributed by atoms with Crippen molar-refractivity contribution in [2.24, 2.45) is 0 Å². The molecule has 5 aromatic heterocycles. The third kappa shape index (κ3) is 9.24. The molecule has 0 saturated carbocycles. The number of para-hydroxylation sites is 6. The third-order valence-corrected chi connectivity index (χ3v) is 20.2. The Morgan fingerprint density at radius 1 is 0.170 bits per heavy atom. The van der Waals surface area contributed by atoms with Crippen molar-refractivity contribution in [2.45, 2.75) is 0 Å². The summed E-state index contributed by atoms with van der Waals surface area (Å²) in [5, 5.41) is 9.19. The standard InChI is InChI=1S/C93H59N7/c1-5-24-60(25-6-1)62-28-21-30-68(54-62)72-40-23-41-73(69-31-22-29-63(55-69)61-26-7-2-8-27-61)90(72)91-94-92(99-84-44-19-15-38-76(84)80-58-66(48-52-88(80)99)64-46-50-86-78(56-64)74-36-13-17-42-82(74)97(86)70-32-9-3-10-33-70)96-93(95-91)100-85-45-20-16-39-77(85)81-59-67(49-53-89(81)100)65-47-51-87-79(57-65)75-37-14-18-43-83(75)98(87)71-34-11-4-12-35-71/h1-59H. The van der Waals surface area contributed by atoms with E-state index in [0.717, 1.165) is 138 Å². The Hall–Kier alpha value is -13.5. The van der Waals surface area contributed by atoms with Crippen LogP contribution in [0.25, 0.3) is 189 Å². The summed E-state index contributed by atoms with van der Waals surface area (Å²) < 4.78 is 9.26. The second-order valence-electron chi connectivity index (χ2n) is 25.9. The minimum Gasteiger partial charge on any atom is -0.309 e. The molecule has 0 bridgehead atoms. The molecule has 466 valence electrons. The SMILES string of the molecule is c1ccc(-c2cccc(-c3cccc(-c4cccc(-c5ccccc5)c4)c3-c3nc(-n4c5ccccc5c5cc(-c6ccc7c(c6)c6ccccc6n7-c6ccccc6)ccc54)nc(-n4c5ccccc5c5cc(-c6ccc7c(c6)c6ccccc6n7-c6ccccc6)ccc54)n3)c2)cc1. The molecule has 15 aromatic carbocycles. The van der Waals surface area contributed by atoms with Crippen LogP contribution >= 0.6 is 0 Å². The van der Waals surface area contributed by atoms with Crippen molar-refractivity contribution in [1.82, 2.24) is 33.2 Å². The fraction of sp³-hybridized carbons (Fsp3) is 0. The maximum atomic E-state index is 5.87. The van der Waals surface area contributed by atoms with Crippen molar-refractivity contribution in [3.05, 3.63) is 358 Å². The summed E-state index contributed by atoms with van der Waals surface area (Å²) >= 11 is 0. The highest BCUT2D eigenvalue weighted by Gasteiger charge is 2.26. The molecule has 0 spiro atoms. The average Bonchev–Trinajstić information content (AvgIpc) is 1.55. The molecule has 0 fully saturated rings.